The van der Waals surface area contributed by atoms with Crippen molar-refractivity contribution in [2.24, 2.45) is 0 Å². The number of carbonyl (C=O) groups excluding carboxylic acids is 1. The van der Waals surface area contributed by atoms with Crippen molar-refractivity contribution in [1.29, 1.82) is 0 Å². The molecule has 0 radical (unpaired) electrons. The minimum absolute atomic E-state index is 0.165. The Morgan fingerprint density at radius 2 is 1.71 bits per heavy atom. The number of halogens is 2. The van der Waals surface area contributed by atoms with E-state index in [2.05, 4.69) is 5.32 Å². The maximum atomic E-state index is 12.9. The minimum Gasteiger partial charge on any atom is -0.348 e. The Morgan fingerprint density at radius 1 is 1.07 bits per heavy atom. The van der Waals surface area contributed by atoms with E-state index in [0.29, 0.717) is 5.02 Å². The third kappa shape index (κ3) is 5.19. The van der Waals surface area contributed by atoms with Crippen molar-refractivity contribution in [2.75, 3.05) is 10.6 Å². The highest BCUT2D eigenvalue weighted by Crippen LogP contribution is 2.32. The summed E-state index contributed by atoms with van der Waals surface area (Å²) in [5.41, 5.74) is 3.32. The van der Waals surface area contributed by atoms with Gasteiger partial charge in [0.1, 0.15) is 6.04 Å². The molecule has 0 spiro atoms. The highest BCUT2D eigenvalue weighted by atomic mass is 35.5. The topological polar surface area (TPSA) is 66.5 Å². The minimum atomic E-state index is -3.79. The first kappa shape index (κ1) is 22.5. The fourth-order valence-corrected chi connectivity index (χ4v) is 4.76. The zero-order valence-electron chi connectivity index (χ0n) is 16.5. The van der Waals surface area contributed by atoms with E-state index in [9.17, 15) is 13.2 Å². The van der Waals surface area contributed by atoms with Gasteiger partial charge in [0.25, 0.3) is 0 Å². The van der Waals surface area contributed by atoms with Gasteiger partial charge in [-0.2, -0.15) is 0 Å². The molecule has 28 heavy (non-hydrogen) atoms. The van der Waals surface area contributed by atoms with Crippen molar-refractivity contribution in [3.05, 3.63) is 63.1 Å². The van der Waals surface area contributed by atoms with Crippen LogP contribution in [0.3, 0.4) is 0 Å². The molecule has 2 atom stereocenters. The van der Waals surface area contributed by atoms with Gasteiger partial charge in [-0.1, -0.05) is 47.0 Å². The average molecular weight is 443 g/mol. The summed E-state index contributed by atoms with van der Waals surface area (Å²) in [4.78, 5) is 12.9. The number of hydrogen-bond donors (Lipinski definition) is 1. The first-order valence-electron chi connectivity index (χ1n) is 8.73. The summed E-state index contributed by atoms with van der Waals surface area (Å²) in [6, 6.07) is 9.16. The molecule has 0 fully saturated rings. The maximum absolute atomic E-state index is 12.9. The van der Waals surface area contributed by atoms with Gasteiger partial charge >= 0.3 is 0 Å². The van der Waals surface area contributed by atoms with Gasteiger partial charge in [0.2, 0.25) is 15.9 Å². The van der Waals surface area contributed by atoms with Crippen LogP contribution >= 0.6 is 23.2 Å². The van der Waals surface area contributed by atoms with Crippen LogP contribution in [-0.4, -0.2) is 26.6 Å². The van der Waals surface area contributed by atoms with Crippen LogP contribution in [0.5, 0.6) is 0 Å². The smallest absolute Gasteiger partial charge is 0.244 e. The number of aryl methyl sites for hydroxylation is 2. The summed E-state index contributed by atoms with van der Waals surface area (Å²) in [7, 11) is -3.79. The van der Waals surface area contributed by atoms with Crippen LogP contribution in [0.15, 0.2) is 36.4 Å². The van der Waals surface area contributed by atoms with Crippen LogP contribution < -0.4 is 9.62 Å². The molecule has 0 aliphatic carbocycles. The SMILES string of the molecule is Cc1ccc([C@H](C)NC(=O)[C@@H](C)N(c2cc(Cl)ccc2Cl)S(C)(=O)=O)c(C)c1. The second-order valence-corrected chi connectivity index (χ2v) is 9.62. The molecule has 0 heterocycles. The zero-order chi connectivity index (χ0) is 21.2. The average Bonchev–Trinajstić information content (AvgIpc) is 2.56. The van der Waals surface area contributed by atoms with Gasteiger partial charge < -0.3 is 5.32 Å². The number of nitrogens with one attached hydrogen (secondary N) is 1. The van der Waals surface area contributed by atoms with Crippen molar-refractivity contribution in [2.45, 2.75) is 39.8 Å². The first-order valence-corrected chi connectivity index (χ1v) is 11.3. The Balaban J connectivity index is 2.33. The number of sulfonamides is 1. The summed E-state index contributed by atoms with van der Waals surface area (Å²) < 4.78 is 25.9. The van der Waals surface area contributed by atoms with Gasteiger partial charge in [-0.05, 0) is 57.0 Å². The molecule has 0 aliphatic heterocycles. The van der Waals surface area contributed by atoms with Crippen LogP contribution in [0.4, 0.5) is 5.69 Å². The Bertz CT molecular complexity index is 993. The lowest BCUT2D eigenvalue weighted by atomic mass is 10.00. The zero-order valence-corrected chi connectivity index (χ0v) is 18.8. The van der Waals surface area contributed by atoms with E-state index in [-0.39, 0.29) is 16.8 Å². The fourth-order valence-electron chi connectivity index (χ4n) is 3.16. The molecule has 8 heteroatoms. The quantitative estimate of drug-likeness (QED) is 0.707. The van der Waals surface area contributed by atoms with Gasteiger partial charge in [-0.15, -0.1) is 0 Å². The van der Waals surface area contributed by atoms with Crippen molar-refractivity contribution < 1.29 is 13.2 Å². The van der Waals surface area contributed by atoms with E-state index < -0.39 is 22.0 Å². The summed E-state index contributed by atoms with van der Waals surface area (Å²) in [6.07, 6.45) is 1.03. The van der Waals surface area contributed by atoms with Crippen LogP contribution in [0, 0.1) is 13.8 Å². The highest BCUT2D eigenvalue weighted by Gasteiger charge is 2.31. The molecule has 0 saturated carbocycles. The van der Waals surface area contributed by atoms with Gasteiger partial charge in [-0.3, -0.25) is 9.10 Å². The molecule has 1 amide bonds. The standard InChI is InChI=1S/C20H24Cl2N2O3S/c1-12-6-8-17(13(2)10-12)14(3)23-20(25)15(4)24(28(5,26)27)19-11-16(21)7-9-18(19)22/h6-11,14-15H,1-5H3,(H,23,25)/t14-,15+/m0/s1. The van der Waals surface area contributed by atoms with Crippen LogP contribution in [0.1, 0.15) is 36.6 Å². The van der Waals surface area contributed by atoms with E-state index in [1.165, 1.54) is 19.1 Å². The van der Waals surface area contributed by atoms with E-state index in [1.807, 2.05) is 39.0 Å². The molecule has 152 valence electrons. The molecule has 0 unspecified atom stereocenters. The van der Waals surface area contributed by atoms with Crippen molar-refractivity contribution in [1.82, 2.24) is 5.32 Å². The Morgan fingerprint density at radius 3 is 2.29 bits per heavy atom. The second-order valence-electron chi connectivity index (χ2n) is 6.92. The lowest BCUT2D eigenvalue weighted by molar-refractivity contribution is -0.122. The lowest BCUT2D eigenvalue weighted by Gasteiger charge is -2.30. The molecule has 0 aromatic heterocycles. The van der Waals surface area contributed by atoms with Crippen molar-refractivity contribution in [3.63, 3.8) is 0 Å². The number of benzene rings is 2. The number of nitrogens with zero attached hydrogens (tertiary/aromatic N) is 1. The number of hydrogen-bond acceptors (Lipinski definition) is 3. The Kier molecular flexibility index (Phi) is 7.02. The molecule has 0 saturated heterocycles. The highest BCUT2D eigenvalue weighted by molar-refractivity contribution is 7.92. The molecule has 2 aromatic carbocycles. The van der Waals surface area contributed by atoms with Gasteiger partial charge in [0.05, 0.1) is 23.0 Å². The summed E-state index contributed by atoms with van der Waals surface area (Å²) in [5, 5.41) is 3.41. The predicted octanol–water partition coefficient (Wildman–Crippen LogP) is 4.64. The largest absolute Gasteiger partial charge is 0.348 e. The molecule has 0 bridgehead atoms. The number of rotatable bonds is 6. The number of anilines is 1. The molecule has 5 nitrogen and oxygen atoms in total. The van der Waals surface area contributed by atoms with Gasteiger partial charge in [-0.25, -0.2) is 8.42 Å². The second kappa shape index (κ2) is 8.72. The monoisotopic (exact) mass is 442 g/mol. The van der Waals surface area contributed by atoms with E-state index >= 15 is 0 Å². The number of amides is 1. The molecular formula is C20H24Cl2N2O3S. The maximum Gasteiger partial charge on any atom is 0.244 e. The van der Waals surface area contributed by atoms with Crippen LogP contribution in [0.25, 0.3) is 0 Å². The summed E-state index contributed by atoms with van der Waals surface area (Å²) in [6.45, 7) is 7.35. The first-order chi connectivity index (χ1) is 12.9. The van der Waals surface area contributed by atoms with Gasteiger partial charge in [0.15, 0.2) is 0 Å². The lowest BCUT2D eigenvalue weighted by Crippen LogP contribution is -2.48. The molecule has 2 aromatic rings. The Labute approximate surface area is 176 Å². The van der Waals surface area contributed by atoms with E-state index in [0.717, 1.165) is 27.3 Å². The molecule has 0 aliphatic rings. The Hall–Kier alpha value is -1.76. The third-order valence-corrected chi connectivity index (χ3v) is 6.27. The van der Waals surface area contributed by atoms with Crippen LogP contribution in [-0.2, 0) is 14.8 Å². The van der Waals surface area contributed by atoms with Crippen molar-refractivity contribution >= 4 is 44.8 Å². The molecular weight excluding hydrogens is 419 g/mol. The van der Waals surface area contributed by atoms with Crippen LogP contribution in [0.2, 0.25) is 10.0 Å². The summed E-state index contributed by atoms with van der Waals surface area (Å²) in [5.74, 6) is -0.436. The van der Waals surface area contributed by atoms with E-state index in [4.69, 9.17) is 23.2 Å². The third-order valence-electron chi connectivity index (χ3n) is 4.48. The fraction of sp³-hybridized carbons (Fsp3) is 0.350. The van der Waals surface area contributed by atoms with Gasteiger partial charge in [0, 0.05) is 5.02 Å². The predicted molar refractivity (Wildman–Crippen MR) is 116 cm³/mol. The van der Waals surface area contributed by atoms with E-state index in [1.54, 1.807) is 6.07 Å². The molecule has 2 rings (SSSR count). The van der Waals surface area contributed by atoms with Crippen molar-refractivity contribution in [3.8, 4) is 0 Å². The molecule has 1 N–H and O–H groups in total. The number of carbonyl (C=O) groups is 1. The summed E-state index contributed by atoms with van der Waals surface area (Å²) >= 11 is 12.2. The normalized spacial score (nSPS) is 13.7.